The molecule has 0 aromatic heterocycles. The molecule has 0 saturated carbocycles. The highest BCUT2D eigenvalue weighted by Gasteiger charge is 2.20. The topological polar surface area (TPSA) is 91.4 Å². The summed E-state index contributed by atoms with van der Waals surface area (Å²) < 4.78 is 26.1. The SMILES string of the molecule is CCN(CC[N+](C)(C)N)c1ccc(N=Nc2c(Cl)cc(S(=O)(=O)N(C)C)cc2Cl)cc1. The molecule has 0 radical (unpaired) electrons. The third-order valence-corrected chi connectivity index (χ3v) is 6.95. The van der Waals surface area contributed by atoms with E-state index in [4.69, 9.17) is 29.0 Å². The van der Waals surface area contributed by atoms with E-state index in [0.717, 1.165) is 29.6 Å². The molecule has 0 atom stereocenters. The molecular formula is C20H29Cl2N6O2S+. The third-order valence-electron chi connectivity index (χ3n) is 4.58. The van der Waals surface area contributed by atoms with Crippen molar-refractivity contribution in [1.82, 2.24) is 4.31 Å². The molecule has 170 valence electrons. The summed E-state index contributed by atoms with van der Waals surface area (Å²) in [5, 5.41) is 8.53. The van der Waals surface area contributed by atoms with E-state index in [2.05, 4.69) is 22.1 Å². The van der Waals surface area contributed by atoms with Crippen molar-refractivity contribution in [3.05, 3.63) is 46.4 Å². The maximum Gasteiger partial charge on any atom is 0.242 e. The molecule has 0 spiro atoms. The number of quaternary nitrogens is 1. The van der Waals surface area contributed by atoms with Crippen molar-refractivity contribution >= 4 is 50.3 Å². The molecule has 0 aliphatic rings. The average Bonchev–Trinajstić information content (AvgIpc) is 2.67. The van der Waals surface area contributed by atoms with Gasteiger partial charge in [-0.3, -0.25) is 4.59 Å². The van der Waals surface area contributed by atoms with Crippen LogP contribution in [0.2, 0.25) is 10.0 Å². The van der Waals surface area contributed by atoms with Gasteiger partial charge in [-0.2, -0.15) is 11.0 Å². The predicted octanol–water partition coefficient (Wildman–Crippen LogP) is 4.44. The number of nitrogens with zero attached hydrogens (tertiary/aromatic N) is 5. The summed E-state index contributed by atoms with van der Waals surface area (Å²) in [5.41, 5.74) is 1.89. The smallest absolute Gasteiger partial charge is 0.242 e. The lowest BCUT2D eigenvalue weighted by Gasteiger charge is -2.28. The van der Waals surface area contributed by atoms with Gasteiger partial charge in [0, 0.05) is 26.3 Å². The first-order valence-corrected chi connectivity index (χ1v) is 11.8. The fourth-order valence-electron chi connectivity index (χ4n) is 2.68. The van der Waals surface area contributed by atoms with E-state index in [1.54, 1.807) is 0 Å². The number of azo groups is 1. The van der Waals surface area contributed by atoms with Crippen molar-refractivity contribution in [1.29, 1.82) is 0 Å². The molecular weight excluding hydrogens is 459 g/mol. The van der Waals surface area contributed by atoms with Gasteiger partial charge in [0.05, 0.1) is 41.3 Å². The number of rotatable bonds is 9. The summed E-state index contributed by atoms with van der Waals surface area (Å²) in [7, 11) is 3.12. The average molecular weight is 488 g/mol. The highest BCUT2D eigenvalue weighted by molar-refractivity contribution is 7.89. The van der Waals surface area contributed by atoms with Crippen LogP contribution in [0.25, 0.3) is 0 Å². The molecule has 2 aromatic carbocycles. The zero-order valence-corrected chi connectivity index (χ0v) is 20.7. The number of benzene rings is 2. The van der Waals surface area contributed by atoms with E-state index in [0.29, 0.717) is 10.3 Å². The molecule has 0 bridgehead atoms. The van der Waals surface area contributed by atoms with Crippen molar-refractivity contribution < 1.29 is 13.0 Å². The zero-order valence-electron chi connectivity index (χ0n) is 18.4. The minimum Gasteiger partial charge on any atom is -0.366 e. The number of halogens is 2. The van der Waals surface area contributed by atoms with Gasteiger partial charge in [-0.25, -0.2) is 12.7 Å². The summed E-state index contributed by atoms with van der Waals surface area (Å²) in [6, 6.07) is 10.2. The van der Waals surface area contributed by atoms with Gasteiger partial charge >= 0.3 is 0 Å². The zero-order chi connectivity index (χ0) is 23.4. The molecule has 2 N–H and O–H groups in total. The number of anilines is 1. The second-order valence-electron chi connectivity index (χ2n) is 7.82. The summed E-state index contributed by atoms with van der Waals surface area (Å²) in [4.78, 5) is 2.22. The molecule has 8 nitrogen and oxygen atoms in total. The summed E-state index contributed by atoms with van der Waals surface area (Å²) in [5.74, 6) is 6.03. The van der Waals surface area contributed by atoms with Crippen LogP contribution in [-0.2, 0) is 10.0 Å². The van der Waals surface area contributed by atoms with Gasteiger partial charge in [-0.05, 0) is 43.3 Å². The Kier molecular flexibility index (Phi) is 8.43. The Bertz CT molecular complexity index is 1010. The van der Waals surface area contributed by atoms with E-state index in [1.807, 2.05) is 38.4 Å². The number of sulfonamides is 1. The van der Waals surface area contributed by atoms with Gasteiger partial charge in [-0.15, -0.1) is 5.11 Å². The van der Waals surface area contributed by atoms with Crippen LogP contribution in [0, 0.1) is 0 Å². The first-order valence-electron chi connectivity index (χ1n) is 9.65. The van der Waals surface area contributed by atoms with Crippen molar-refractivity contribution in [2.75, 3.05) is 52.7 Å². The van der Waals surface area contributed by atoms with Crippen molar-refractivity contribution in [2.24, 2.45) is 16.1 Å². The Hall–Kier alpha value is -1.75. The number of nitrogens with two attached hydrogens (primary N) is 1. The van der Waals surface area contributed by atoms with Gasteiger partial charge in [0.25, 0.3) is 0 Å². The van der Waals surface area contributed by atoms with Crippen LogP contribution in [0.15, 0.2) is 51.5 Å². The molecule has 0 unspecified atom stereocenters. The lowest BCUT2D eigenvalue weighted by Crippen LogP contribution is -2.51. The quantitative estimate of drug-likeness (QED) is 0.245. The maximum atomic E-state index is 12.3. The van der Waals surface area contributed by atoms with Gasteiger partial charge in [0.2, 0.25) is 10.0 Å². The Morgan fingerprint density at radius 1 is 1.03 bits per heavy atom. The standard InChI is InChI=1S/C20H29Cl2N6O2S/c1-6-27(11-12-28(4,5)23)16-9-7-15(8-10-16)24-25-20-18(21)13-17(14-19(20)22)31(29,30)26(2)3/h7-10,13-14H,6,11-12,23H2,1-5H3/q+1. The largest absolute Gasteiger partial charge is 0.366 e. The molecule has 0 amide bonds. The molecule has 2 rings (SSSR count). The molecule has 0 aliphatic heterocycles. The minimum atomic E-state index is -3.66. The van der Waals surface area contributed by atoms with Crippen LogP contribution in [0.3, 0.4) is 0 Å². The minimum absolute atomic E-state index is 0.00487. The van der Waals surface area contributed by atoms with E-state index >= 15 is 0 Å². The Morgan fingerprint density at radius 2 is 1.58 bits per heavy atom. The second kappa shape index (κ2) is 10.2. The fourth-order valence-corrected chi connectivity index (χ4v) is 4.33. The lowest BCUT2D eigenvalue weighted by molar-refractivity contribution is -0.900. The van der Waals surface area contributed by atoms with Crippen LogP contribution in [0.1, 0.15) is 6.92 Å². The second-order valence-corrected chi connectivity index (χ2v) is 10.8. The number of likely N-dealkylation sites (N-methyl/N-ethyl adjacent to an activating group) is 2. The molecule has 0 fully saturated rings. The third kappa shape index (κ3) is 6.86. The molecule has 2 aromatic rings. The van der Waals surface area contributed by atoms with Gasteiger partial charge in [0.1, 0.15) is 12.2 Å². The fraction of sp³-hybridized carbons (Fsp3) is 0.400. The summed E-state index contributed by atoms with van der Waals surface area (Å²) in [6.07, 6.45) is 0. The van der Waals surface area contributed by atoms with Crippen LogP contribution in [0.4, 0.5) is 17.1 Å². The lowest BCUT2D eigenvalue weighted by atomic mass is 10.2. The molecule has 31 heavy (non-hydrogen) atoms. The van der Waals surface area contributed by atoms with E-state index in [1.165, 1.54) is 26.2 Å². The number of hydrogen-bond donors (Lipinski definition) is 1. The van der Waals surface area contributed by atoms with E-state index < -0.39 is 10.0 Å². The predicted molar refractivity (Wildman–Crippen MR) is 127 cm³/mol. The maximum absolute atomic E-state index is 12.3. The van der Waals surface area contributed by atoms with Crippen LogP contribution >= 0.6 is 23.2 Å². The van der Waals surface area contributed by atoms with Gasteiger partial charge in [-0.1, -0.05) is 23.2 Å². The molecule has 0 aliphatic carbocycles. The highest BCUT2D eigenvalue weighted by Crippen LogP contribution is 2.37. The molecule has 11 heteroatoms. The Morgan fingerprint density at radius 3 is 2.03 bits per heavy atom. The van der Waals surface area contributed by atoms with Crippen LogP contribution in [0.5, 0.6) is 0 Å². The van der Waals surface area contributed by atoms with Crippen molar-refractivity contribution in [3.8, 4) is 0 Å². The Balaban J connectivity index is 2.21. The molecule has 0 saturated heterocycles. The van der Waals surface area contributed by atoms with Crippen molar-refractivity contribution in [2.45, 2.75) is 11.8 Å². The normalized spacial score (nSPS) is 12.7. The first kappa shape index (κ1) is 25.5. The Labute approximate surface area is 194 Å². The monoisotopic (exact) mass is 487 g/mol. The van der Waals surface area contributed by atoms with Crippen molar-refractivity contribution in [3.63, 3.8) is 0 Å². The first-order chi connectivity index (χ1) is 14.3. The summed E-state index contributed by atoms with van der Waals surface area (Å²) in [6.45, 7) is 4.59. The van der Waals surface area contributed by atoms with Gasteiger partial charge in [0.15, 0.2) is 0 Å². The highest BCUT2D eigenvalue weighted by atomic mass is 35.5. The number of hydrogen-bond acceptors (Lipinski definition) is 6. The van der Waals surface area contributed by atoms with Crippen LogP contribution < -0.4 is 10.7 Å². The van der Waals surface area contributed by atoms with E-state index in [9.17, 15) is 8.42 Å². The van der Waals surface area contributed by atoms with E-state index in [-0.39, 0.29) is 20.6 Å². The molecule has 0 heterocycles. The summed E-state index contributed by atoms with van der Waals surface area (Å²) >= 11 is 12.5. The van der Waals surface area contributed by atoms with Gasteiger partial charge < -0.3 is 4.90 Å². The van der Waals surface area contributed by atoms with Crippen LogP contribution in [-0.4, -0.2) is 65.1 Å².